The summed E-state index contributed by atoms with van der Waals surface area (Å²) in [6, 6.07) is 13.7. The number of para-hydroxylation sites is 1. The third-order valence-electron chi connectivity index (χ3n) is 4.14. The summed E-state index contributed by atoms with van der Waals surface area (Å²) >= 11 is 0. The maximum Gasteiger partial charge on any atom is 0.188 e. The van der Waals surface area contributed by atoms with Crippen LogP contribution in [0.3, 0.4) is 0 Å². The molecule has 1 atom stereocenters. The van der Waals surface area contributed by atoms with Crippen molar-refractivity contribution in [2.45, 2.75) is 19.4 Å². The zero-order valence-electron chi connectivity index (χ0n) is 16.2. The van der Waals surface area contributed by atoms with E-state index in [1.165, 1.54) is 0 Å². The molecule has 0 aliphatic rings. The first-order chi connectivity index (χ1) is 12.6. The average Bonchev–Trinajstić information content (AvgIpc) is 2.69. The second-order valence-corrected chi connectivity index (χ2v) is 5.91. The van der Waals surface area contributed by atoms with Gasteiger partial charge in [-0.25, -0.2) is 4.99 Å². The Morgan fingerprint density at radius 3 is 2.33 bits per heavy atom. The quantitative estimate of drug-likeness (QED) is 0.340. The number of hydrogen-bond donors (Lipinski definition) is 2. The largest absolute Gasteiger partial charge is 0.496 e. The number of nitrogens with one attached hydrogen (secondary N) is 1. The Morgan fingerprint density at radius 2 is 1.67 bits per heavy atom. The van der Waals surface area contributed by atoms with Crippen molar-refractivity contribution in [2.75, 3.05) is 27.9 Å². The van der Waals surface area contributed by atoms with E-state index in [0.29, 0.717) is 30.5 Å². The monoisotopic (exact) mass is 485 g/mol. The first-order valence-electron chi connectivity index (χ1n) is 8.46. The number of halogens is 1. The van der Waals surface area contributed by atoms with Crippen LogP contribution in [-0.4, -0.2) is 33.8 Å². The molecule has 27 heavy (non-hydrogen) atoms. The number of rotatable bonds is 8. The fourth-order valence-electron chi connectivity index (χ4n) is 2.65. The van der Waals surface area contributed by atoms with Crippen molar-refractivity contribution in [1.82, 2.24) is 5.32 Å². The fourth-order valence-corrected chi connectivity index (χ4v) is 2.65. The zero-order valence-corrected chi connectivity index (χ0v) is 18.5. The first-order valence-corrected chi connectivity index (χ1v) is 8.46. The minimum absolute atomic E-state index is 0. The van der Waals surface area contributed by atoms with Crippen LogP contribution in [0.5, 0.6) is 17.2 Å². The summed E-state index contributed by atoms with van der Waals surface area (Å²) in [4.78, 5) is 4.39. The Bertz CT molecular complexity index is 753. The third kappa shape index (κ3) is 6.50. The fraction of sp³-hybridized carbons (Fsp3) is 0.350. The minimum atomic E-state index is 0. The molecule has 0 spiro atoms. The Kier molecular flexibility index (Phi) is 9.77. The molecule has 148 valence electrons. The topological polar surface area (TPSA) is 78.1 Å². The van der Waals surface area contributed by atoms with Gasteiger partial charge >= 0.3 is 0 Å². The highest BCUT2D eigenvalue weighted by atomic mass is 127. The van der Waals surface area contributed by atoms with Gasteiger partial charge in [-0.05, 0) is 29.3 Å². The molecule has 0 amide bonds. The Morgan fingerprint density at radius 1 is 1.00 bits per heavy atom. The van der Waals surface area contributed by atoms with E-state index < -0.39 is 0 Å². The molecule has 0 aliphatic carbocycles. The van der Waals surface area contributed by atoms with Crippen molar-refractivity contribution in [1.29, 1.82) is 0 Å². The molecule has 0 fully saturated rings. The van der Waals surface area contributed by atoms with Crippen LogP contribution in [0.25, 0.3) is 0 Å². The molecule has 0 saturated heterocycles. The standard InChI is InChI=1S/C20H27N3O3.HI/c1-14(16-7-5-6-8-17(16)24-2)12-22-20(21)23-13-15-9-10-18(25-3)19(11-15)26-4;/h5-11,14H,12-13H2,1-4H3,(H3,21,22,23);1H. The Hall–Kier alpha value is -2.16. The molecule has 0 bridgehead atoms. The Balaban J connectivity index is 0.00000364. The van der Waals surface area contributed by atoms with Crippen LogP contribution in [0.2, 0.25) is 0 Å². The number of aliphatic imine (C=N–C) groups is 1. The summed E-state index contributed by atoms with van der Waals surface area (Å²) in [6.45, 7) is 3.25. The number of methoxy groups -OCH3 is 3. The molecule has 0 saturated carbocycles. The average molecular weight is 485 g/mol. The van der Waals surface area contributed by atoms with Crippen LogP contribution in [0.1, 0.15) is 24.0 Å². The predicted octanol–water partition coefficient (Wildman–Crippen LogP) is 3.54. The van der Waals surface area contributed by atoms with Crippen LogP contribution in [-0.2, 0) is 6.54 Å². The summed E-state index contributed by atoms with van der Waals surface area (Å²) < 4.78 is 15.9. The van der Waals surface area contributed by atoms with Crippen LogP contribution >= 0.6 is 24.0 Å². The number of guanidine groups is 1. The van der Waals surface area contributed by atoms with Crippen LogP contribution in [0.15, 0.2) is 47.5 Å². The van der Waals surface area contributed by atoms with Crippen molar-refractivity contribution >= 4 is 29.9 Å². The van der Waals surface area contributed by atoms with E-state index in [-0.39, 0.29) is 29.9 Å². The van der Waals surface area contributed by atoms with Crippen molar-refractivity contribution < 1.29 is 14.2 Å². The molecule has 2 aromatic carbocycles. The van der Waals surface area contributed by atoms with Crippen molar-refractivity contribution in [3.05, 3.63) is 53.6 Å². The molecule has 2 aromatic rings. The molecule has 2 rings (SSSR count). The zero-order chi connectivity index (χ0) is 18.9. The SMILES string of the molecule is COc1ccc(CN=C(N)NCC(C)c2ccccc2OC)cc1OC.I. The lowest BCUT2D eigenvalue weighted by Crippen LogP contribution is -2.34. The van der Waals surface area contributed by atoms with E-state index in [2.05, 4.69) is 23.3 Å². The normalized spacial score (nSPS) is 11.9. The molecular formula is C20H28IN3O3. The van der Waals surface area contributed by atoms with E-state index in [1.807, 2.05) is 36.4 Å². The number of nitrogens with zero attached hydrogens (tertiary/aromatic N) is 1. The second-order valence-electron chi connectivity index (χ2n) is 5.91. The van der Waals surface area contributed by atoms with Gasteiger partial charge in [-0.2, -0.15) is 0 Å². The van der Waals surface area contributed by atoms with Gasteiger partial charge in [0.25, 0.3) is 0 Å². The lowest BCUT2D eigenvalue weighted by molar-refractivity contribution is 0.354. The highest BCUT2D eigenvalue weighted by molar-refractivity contribution is 14.0. The van der Waals surface area contributed by atoms with Gasteiger partial charge in [-0.1, -0.05) is 31.2 Å². The van der Waals surface area contributed by atoms with Gasteiger partial charge < -0.3 is 25.3 Å². The van der Waals surface area contributed by atoms with Gasteiger partial charge in [0.1, 0.15) is 5.75 Å². The van der Waals surface area contributed by atoms with Crippen LogP contribution in [0, 0.1) is 0 Å². The molecular weight excluding hydrogens is 457 g/mol. The lowest BCUT2D eigenvalue weighted by atomic mass is 10.0. The molecule has 7 heteroatoms. The van der Waals surface area contributed by atoms with E-state index in [9.17, 15) is 0 Å². The van der Waals surface area contributed by atoms with Gasteiger partial charge in [0.15, 0.2) is 17.5 Å². The van der Waals surface area contributed by atoms with Gasteiger partial charge in [0.2, 0.25) is 0 Å². The minimum Gasteiger partial charge on any atom is -0.496 e. The maximum absolute atomic E-state index is 6.00. The highest BCUT2D eigenvalue weighted by Gasteiger charge is 2.11. The summed E-state index contributed by atoms with van der Waals surface area (Å²) in [5, 5.41) is 3.17. The molecule has 0 aliphatic heterocycles. The maximum atomic E-state index is 6.00. The smallest absolute Gasteiger partial charge is 0.188 e. The van der Waals surface area contributed by atoms with E-state index in [4.69, 9.17) is 19.9 Å². The lowest BCUT2D eigenvalue weighted by Gasteiger charge is -2.16. The summed E-state index contributed by atoms with van der Waals surface area (Å²) in [7, 11) is 4.90. The van der Waals surface area contributed by atoms with Gasteiger partial charge in [-0.15, -0.1) is 24.0 Å². The summed E-state index contributed by atoms with van der Waals surface area (Å²) in [6.07, 6.45) is 0. The molecule has 0 radical (unpaired) electrons. The van der Waals surface area contributed by atoms with E-state index in [1.54, 1.807) is 21.3 Å². The number of nitrogens with two attached hydrogens (primary N) is 1. The van der Waals surface area contributed by atoms with Gasteiger partial charge in [0.05, 0.1) is 27.9 Å². The van der Waals surface area contributed by atoms with Crippen molar-refractivity contribution in [3.8, 4) is 17.2 Å². The van der Waals surface area contributed by atoms with Gasteiger partial charge in [0, 0.05) is 12.5 Å². The summed E-state index contributed by atoms with van der Waals surface area (Å²) in [5.41, 5.74) is 8.12. The first kappa shape index (κ1) is 22.9. The second kappa shape index (κ2) is 11.5. The van der Waals surface area contributed by atoms with E-state index in [0.717, 1.165) is 16.9 Å². The molecule has 6 nitrogen and oxygen atoms in total. The third-order valence-corrected chi connectivity index (χ3v) is 4.14. The predicted molar refractivity (Wildman–Crippen MR) is 120 cm³/mol. The molecule has 1 unspecified atom stereocenters. The molecule has 3 N–H and O–H groups in total. The van der Waals surface area contributed by atoms with E-state index >= 15 is 0 Å². The molecule has 0 heterocycles. The molecule has 0 aromatic heterocycles. The number of ether oxygens (including phenoxy) is 3. The van der Waals surface area contributed by atoms with Crippen molar-refractivity contribution in [3.63, 3.8) is 0 Å². The Labute approximate surface area is 178 Å². The van der Waals surface area contributed by atoms with Gasteiger partial charge in [-0.3, -0.25) is 0 Å². The summed E-state index contributed by atoms with van der Waals surface area (Å²) in [5.74, 6) is 2.89. The number of hydrogen-bond acceptors (Lipinski definition) is 4. The number of benzene rings is 2. The highest BCUT2D eigenvalue weighted by Crippen LogP contribution is 2.28. The van der Waals surface area contributed by atoms with Crippen molar-refractivity contribution in [2.24, 2.45) is 10.7 Å². The van der Waals surface area contributed by atoms with Crippen LogP contribution < -0.4 is 25.3 Å². The van der Waals surface area contributed by atoms with Crippen LogP contribution in [0.4, 0.5) is 0 Å².